The first kappa shape index (κ1) is 11.8. The van der Waals surface area contributed by atoms with E-state index in [9.17, 15) is 5.11 Å². The maximum Gasteiger partial charge on any atom is 0.123 e. The molecule has 2 aliphatic heterocycles. The van der Waals surface area contributed by atoms with E-state index < -0.39 is 0 Å². The van der Waals surface area contributed by atoms with Crippen LogP contribution in [-0.4, -0.2) is 36.6 Å². The van der Waals surface area contributed by atoms with Crippen LogP contribution in [0.2, 0.25) is 0 Å². The molecule has 0 saturated carbocycles. The lowest BCUT2D eigenvalue weighted by atomic mass is 9.91. The molecular weight excluding hydrogens is 232 g/mol. The average Bonchev–Trinajstić information content (AvgIpc) is 2.77. The van der Waals surface area contributed by atoms with Gasteiger partial charge in [-0.05, 0) is 12.1 Å². The number of phenolic OH excluding ortho intramolecular Hbond substituents is 1. The Kier molecular flexibility index (Phi) is 3.14. The van der Waals surface area contributed by atoms with E-state index in [0.717, 1.165) is 31.6 Å². The van der Waals surface area contributed by atoms with Gasteiger partial charge in [0.1, 0.15) is 17.6 Å². The van der Waals surface area contributed by atoms with Gasteiger partial charge in [0.05, 0.1) is 18.8 Å². The van der Waals surface area contributed by atoms with Crippen LogP contribution in [0.5, 0.6) is 11.5 Å². The van der Waals surface area contributed by atoms with Crippen molar-refractivity contribution in [3.8, 4) is 11.5 Å². The molecule has 2 saturated heterocycles. The van der Waals surface area contributed by atoms with Crippen molar-refractivity contribution in [3.63, 3.8) is 0 Å². The normalized spacial score (nSPS) is 31.7. The molecule has 2 aliphatic rings. The second-order valence-electron chi connectivity index (χ2n) is 5.06. The van der Waals surface area contributed by atoms with Crippen molar-refractivity contribution in [1.82, 2.24) is 0 Å². The Bertz CT molecular complexity index is 412. The lowest BCUT2D eigenvalue weighted by Gasteiger charge is -2.37. The lowest BCUT2D eigenvalue weighted by molar-refractivity contribution is -0.112. The molecule has 18 heavy (non-hydrogen) atoms. The minimum Gasteiger partial charge on any atom is -0.508 e. The van der Waals surface area contributed by atoms with Gasteiger partial charge in [-0.3, -0.25) is 0 Å². The quantitative estimate of drug-likeness (QED) is 0.873. The van der Waals surface area contributed by atoms with Gasteiger partial charge in [0.2, 0.25) is 0 Å². The zero-order chi connectivity index (χ0) is 12.4. The number of ether oxygens (including phenoxy) is 3. The Morgan fingerprint density at radius 3 is 3.06 bits per heavy atom. The second kappa shape index (κ2) is 4.78. The first-order valence-electron chi connectivity index (χ1n) is 6.43. The Hall–Kier alpha value is -1.26. The monoisotopic (exact) mass is 250 g/mol. The summed E-state index contributed by atoms with van der Waals surface area (Å²) in [4.78, 5) is 0. The topological polar surface area (TPSA) is 47.9 Å². The maximum absolute atomic E-state index is 9.42. The van der Waals surface area contributed by atoms with Gasteiger partial charge < -0.3 is 19.3 Å². The number of benzene rings is 1. The van der Waals surface area contributed by atoms with Crippen LogP contribution in [0.1, 0.15) is 19.3 Å². The van der Waals surface area contributed by atoms with E-state index in [4.69, 9.17) is 14.2 Å². The van der Waals surface area contributed by atoms with Crippen LogP contribution >= 0.6 is 0 Å². The third-order valence-corrected chi connectivity index (χ3v) is 3.64. The van der Waals surface area contributed by atoms with Crippen LogP contribution in [0.3, 0.4) is 0 Å². The summed E-state index contributed by atoms with van der Waals surface area (Å²) in [5.41, 5.74) is -0.139. The molecule has 1 aromatic rings. The van der Waals surface area contributed by atoms with Gasteiger partial charge in [0, 0.05) is 31.9 Å². The molecule has 2 unspecified atom stereocenters. The SMILES string of the molecule is Oc1cccc(OC2CCOC3(CCOC3)C2)c1. The Morgan fingerprint density at radius 2 is 2.28 bits per heavy atom. The molecule has 2 atom stereocenters. The minimum absolute atomic E-state index is 0.139. The Morgan fingerprint density at radius 1 is 1.33 bits per heavy atom. The highest BCUT2D eigenvalue weighted by Gasteiger charge is 2.41. The van der Waals surface area contributed by atoms with Crippen LogP contribution in [0.25, 0.3) is 0 Å². The fourth-order valence-electron chi connectivity index (χ4n) is 2.70. The van der Waals surface area contributed by atoms with Crippen molar-refractivity contribution in [2.24, 2.45) is 0 Å². The molecule has 1 N–H and O–H groups in total. The van der Waals surface area contributed by atoms with E-state index in [1.54, 1.807) is 18.2 Å². The molecule has 98 valence electrons. The van der Waals surface area contributed by atoms with Gasteiger partial charge in [-0.2, -0.15) is 0 Å². The molecule has 1 spiro atoms. The Labute approximate surface area is 106 Å². The number of phenols is 1. The minimum atomic E-state index is -0.139. The third-order valence-electron chi connectivity index (χ3n) is 3.64. The van der Waals surface area contributed by atoms with Crippen molar-refractivity contribution in [3.05, 3.63) is 24.3 Å². The van der Waals surface area contributed by atoms with Crippen molar-refractivity contribution in [2.45, 2.75) is 31.0 Å². The predicted molar refractivity (Wildman–Crippen MR) is 65.9 cm³/mol. The summed E-state index contributed by atoms with van der Waals surface area (Å²) in [6, 6.07) is 6.95. The molecule has 4 heteroatoms. The van der Waals surface area contributed by atoms with Crippen molar-refractivity contribution in [2.75, 3.05) is 19.8 Å². The fourth-order valence-corrected chi connectivity index (χ4v) is 2.70. The van der Waals surface area contributed by atoms with E-state index in [-0.39, 0.29) is 17.5 Å². The van der Waals surface area contributed by atoms with Crippen molar-refractivity contribution >= 4 is 0 Å². The van der Waals surface area contributed by atoms with Gasteiger partial charge in [-0.15, -0.1) is 0 Å². The standard InChI is InChI=1S/C14H18O4/c15-11-2-1-3-12(8-11)18-13-4-6-17-14(9-13)5-7-16-10-14/h1-3,8,13,15H,4-7,9-10H2. The van der Waals surface area contributed by atoms with Crippen LogP contribution in [-0.2, 0) is 9.47 Å². The van der Waals surface area contributed by atoms with Gasteiger partial charge in [0.15, 0.2) is 0 Å². The summed E-state index contributed by atoms with van der Waals surface area (Å²) in [5.74, 6) is 0.953. The molecular formula is C14H18O4. The molecule has 0 radical (unpaired) electrons. The maximum atomic E-state index is 9.42. The number of hydrogen-bond acceptors (Lipinski definition) is 4. The number of aromatic hydroxyl groups is 1. The summed E-state index contributed by atoms with van der Waals surface area (Å²) in [6.07, 6.45) is 2.84. The van der Waals surface area contributed by atoms with Crippen molar-refractivity contribution in [1.29, 1.82) is 0 Å². The van der Waals surface area contributed by atoms with Crippen LogP contribution in [0.15, 0.2) is 24.3 Å². The van der Waals surface area contributed by atoms with E-state index >= 15 is 0 Å². The highest BCUT2D eigenvalue weighted by molar-refractivity contribution is 5.31. The molecule has 0 bridgehead atoms. The van der Waals surface area contributed by atoms with Crippen LogP contribution < -0.4 is 4.74 Å². The fraction of sp³-hybridized carbons (Fsp3) is 0.571. The molecule has 2 fully saturated rings. The molecule has 3 rings (SSSR count). The summed E-state index contributed by atoms with van der Waals surface area (Å²) >= 11 is 0. The average molecular weight is 250 g/mol. The first-order chi connectivity index (χ1) is 8.76. The predicted octanol–water partition coefficient (Wildman–Crippen LogP) is 2.11. The number of hydrogen-bond donors (Lipinski definition) is 1. The van der Waals surface area contributed by atoms with E-state index in [0.29, 0.717) is 13.2 Å². The first-order valence-corrected chi connectivity index (χ1v) is 6.43. The summed E-state index contributed by atoms with van der Waals surface area (Å²) < 4.78 is 17.2. The van der Waals surface area contributed by atoms with E-state index in [1.807, 2.05) is 6.07 Å². The molecule has 0 amide bonds. The summed E-state index contributed by atoms with van der Waals surface area (Å²) in [5, 5.41) is 9.42. The van der Waals surface area contributed by atoms with E-state index in [2.05, 4.69) is 0 Å². The number of rotatable bonds is 2. The lowest BCUT2D eigenvalue weighted by Crippen LogP contribution is -2.44. The smallest absolute Gasteiger partial charge is 0.123 e. The van der Waals surface area contributed by atoms with Crippen LogP contribution in [0, 0.1) is 0 Å². The summed E-state index contributed by atoms with van der Waals surface area (Å²) in [6.45, 7) is 2.17. The largest absolute Gasteiger partial charge is 0.508 e. The van der Waals surface area contributed by atoms with Gasteiger partial charge in [-0.1, -0.05) is 6.07 Å². The van der Waals surface area contributed by atoms with Gasteiger partial charge >= 0.3 is 0 Å². The highest BCUT2D eigenvalue weighted by atomic mass is 16.6. The molecule has 0 aromatic heterocycles. The molecule has 1 aromatic carbocycles. The Balaban J connectivity index is 1.66. The molecule has 2 heterocycles. The highest BCUT2D eigenvalue weighted by Crippen LogP contribution is 2.34. The van der Waals surface area contributed by atoms with E-state index in [1.165, 1.54) is 0 Å². The third kappa shape index (κ3) is 2.44. The zero-order valence-corrected chi connectivity index (χ0v) is 10.3. The van der Waals surface area contributed by atoms with Gasteiger partial charge in [0.25, 0.3) is 0 Å². The van der Waals surface area contributed by atoms with Gasteiger partial charge in [-0.25, -0.2) is 0 Å². The van der Waals surface area contributed by atoms with Crippen LogP contribution in [0.4, 0.5) is 0 Å². The molecule has 4 nitrogen and oxygen atoms in total. The second-order valence-corrected chi connectivity index (χ2v) is 5.06. The zero-order valence-electron chi connectivity index (χ0n) is 10.3. The molecule has 0 aliphatic carbocycles. The van der Waals surface area contributed by atoms with Crippen molar-refractivity contribution < 1.29 is 19.3 Å². The summed E-state index contributed by atoms with van der Waals surface area (Å²) in [7, 11) is 0.